The molecular formula is C10H17NO3S. The zero-order chi connectivity index (χ0) is 11.7. The number of allylic oxidation sites excluding steroid dienone is 1. The quantitative estimate of drug-likeness (QED) is 0.403. The van der Waals surface area contributed by atoms with Crippen molar-refractivity contribution in [1.82, 2.24) is 5.32 Å². The number of methoxy groups -OCH3 is 1. The summed E-state index contributed by atoms with van der Waals surface area (Å²) in [5, 5.41) is 2.55. The summed E-state index contributed by atoms with van der Waals surface area (Å²) in [4.78, 5) is 22.1. The first-order chi connectivity index (χ1) is 7.11. The SMILES string of the molecule is C=CCCSC[C@H](NC(C)=O)C(=O)OC. The van der Waals surface area contributed by atoms with E-state index in [1.165, 1.54) is 14.0 Å². The van der Waals surface area contributed by atoms with Crippen LogP contribution in [-0.4, -0.2) is 36.5 Å². The van der Waals surface area contributed by atoms with Crippen molar-refractivity contribution in [1.29, 1.82) is 0 Å². The molecule has 0 saturated carbocycles. The van der Waals surface area contributed by atoms with Gasteiger partial charge in [0, 0.05) is 12.7 Å². The van der Waals surface area contributed by atoms with Gasteiger partial charge >= 0.3 is 5.97 Å². The maximum absolute atomic E-state index is 11.2. The standard InChI is InChI=1S/C10H17NO3S/c1-4-5-6-15-7-9(10(13)14-3)11-8(2)12/h4,9H,1,5-7H2,2-3H3,(H,11,12)/t9-/m0/s1. The van der Waals surface area contributed by atoms with Crippen LogP contribution in [0.15, 0.2) is 12.7 Å². The fourth-order valence-electron chi connectivity index (χ4n) is 0.924. The maximum Gasteiger partial charge on any atom is 0.329 e. The van der Waals surface area contributed by atoms with Crippen LogP contribution in [0.5, 0.6) is 0 Å². The molecule has 0 spiro atoms. The van der Waals surface area contributed by atoms with Crippen LogP contribution in [0, 0.1) is 0 Å². The number of rotatable bonds is 7. The van der Waals surface area contributed by atoms with Gasteiger partial charge in [0.25, 0.3) is 0 Å². The van der Waals surface area contributed by atoms with Crippen LogP contribution in [0.1, 0.15) is 13.3 Å². The maximum atomic E-state index is 11.2. The molecule has 0 radical (unpaired) electrons. The van der Waals surface area contributed by atoms with E-state index in [4.69, 9.17) is 0 Å². The first kappa shape index (κ1) is 14.0. The van der Waals surface area contributed by atoms with Gasteiger partial charge in [0.05, 0.1) is 7.11 Å². The molecule has 86 valence electrons. The third-order valence-corrected chi connectivity index (χ3v) is 2.71. The van der Waals surface area contributed by atoms with Gasteiger partial charge in [-0.25, -0.2) is 4.79 Å². The molecule has 0 fully saturated rings. The fraction of sp³-hybridized carbons (Fsp3) is 0.600. The molecule has 0 aliphatic carbocycles. The number of nitrogens with one attached hydrogen (secondary N) is 1. The minimum Gasteiger partial charge on any atom is -0.467 e. The van der Waals surface area contributed by atoms with Gasteiger partial charge in [0.2, 0.25) is 5.91 Å². The Morgan fingerprint density at radius 3 is 2.73 bits per heavy atom. The molecule has 0 aromatic heterocycles. The normalized spacial score (nSPS) is 11.6. The van der Waals surface area contributed by atoms with Crippen LogP contribution < -0.4 is 5.32 Å². The van der Waals surface area contributed by atoms with Crippen molar-refractivity contribution >= 4 is 23.6 Å². The van der Waals surface area contributed by atoms with Crippen LogP contribution in [0.25, 0.3) is 0 Å². The number of ether oxygens (including phenoxy) is 1. The van der Waals surface area contributed by atoms with Gasteiger partial charge in [0.1, 0.15) is 6.04 Å². The molecule has 0 rings (SSSR count). The molecule has 15 heavy (non-hydrogen) atoms. The third-order valence-electron chi connectivity index (χ3n) is 1.61. The first-order valence-electron chi connectivity index (χ1n) is 4.65. The second kappa shape index (κ2) is 8.35. The minimum atomic E-state index is -0.553. The van der Waals surface area contributed by atoms with Gasteiger partial charge in [-0.3, -0.25) is 4.79 Å². The zero-order valence-corrected chi connectivity index (χ0v) is 9.93. The van der Waals surface area contributed by atoms with Crippen molar-refractivity contribution in [3.8, 4) is 0 Å². The lowest BCUT2D eigenvalue weighted by Crippen LogP contribution is -2.42. The number of amides is 1. The van der Waals surface area contributed by atoms with E-state index in [1.54, 1.807) is 11.8 Å². The summed E-state index contributed by atoms with van der Waals surface area (Å²) in [6.45, 7) is 4.98. The molecular weight excluding hydrogens is 214 g/mol. The number of esters is 1. The average Bonchev–Trinajstić information content (AvgIpc) is 2.21. The van der Waals surface area contributed by atoms with Crippen LogP contribution in [-0.2, 0) is 14.3 Å². The van der Waals surface area contributed by atoms with Crippen molar-refractivity contribution in [2.24, 2.45) is 0 Å². The lowest BCUT2D eigenvalue weighted by atomic mass is 10.3. The Bertz CT molecular complexity index is 231. The Kier molecular flexibility index (Phi) is 7.81. The molecule has 0 aliphatic heterocycles. The molecule has 0 saturated heterocycles. The summed E-state index contributed by atoms with van der Waals surface area (Å²) in [5.41, 5.74) is 0. The van der Waals surface area contributed by atoms with Gasteiger partial charge in [-0.2, -0.15) is 11.8 Å². The summed E-state index contributed by atoms with van der Waals surface area (Å²) < 4.78 is 4.58. The summed E-state index contributed by atoms with van der Waals surface area (Å²) in [7, 11) is 1.31. The molecule has 4 nitrogen and oxygen atoms in total. The molecule has 0 aromatic rings. The molecule has 0 aromatic carbocycles. The van der Waals surface area contributed by atoms with E-state index < -0.39 is 12.0 Å². The van der Waals surface area contributed by atoms with Crippen molar-refractivity contribution in [3.05, 3.63) is 12.7 Å². The van der Waals surface area contributed by atoms with E-state index in [2.05, 4.69) is 16.6 Å². The molecule has 0 unspecified atom stereocenters. The number of carbonyl (C=O) groups excluding carboxylic acids is 2. The van der Waals surface area contributed by atoms with Gasteiger partial charge < -0.3 is 10.1 Å². The zero-order valence-electron chi connectivity index (χ0n) is 9.12. The van der Waals surface area contributed by atoms with E-state index in [1.807, 2.05) is 6.08 Å². The Balaban J connectivity index is 3.95. The molecule has 0 aliphatic rings. The van der Waals surface area contributed by atoms with E-state index in [0.29, 0.717) is 5.75 Å². The molecule has 1 atom stereocenters. The van der Waals surface area contributed by atoms with Gasteiger partial charge in [-0.05, 0) is 12.2 Å². The largest absolute Gasteiger partial charge is 0.467 e. The minimum absolute atomic E-state index is 0.227. The summed E-state index contributed by atoms with van der Waals surface area (Å²) in [6, 6.07) is -0.553. The van der Waals surface area contributed by atoms with E-state index >= 15 is 0 Å². The Labute approximate surface area is 94.4 Å². The summed E-state index contributed by atoms with van der Waals surface area (Å²) in [5.74, 6) is 0.780. The van der Waals surface area contributed by atoms with E-state index in [0.717, 1.165) is 12.2 Å². The second-order valence-corrected chi connectivity index (χ2v) is 4.08. The predicted molar refractivity (Wildman–Crippen MR) is 61.8 cm³/mol. The topological polar surface area (TPSA) is 55.4 Å². The Morgan fingerprint density at radius 2 is 2.27 bits per heavy atom. The number of carbonyl (C=O) groups is 2. The van der Waals surface area contributed by atoms with Crippen molar-refractivity contribution < 1.29 is 14.3 Å². The highest BCUT2D eigenvalue weighted by Gasteiger charge is 2.19. The highest BCUT2D eigenvalue weighted by molar-refractivity contribution is 7.99. The van der Waals surface area contributed by atoms with Crippen LogP contribution in [0.3, 0.4) is 0 Å². The molecule has 5 heteroatoms. The number of thioether (sulfide) groups is 1. The smallest absolute Gasteiger partial charge is 0.329 e. The summed E-state index contributed by atoms with van der Waals surface area (Å²) >= 11 is 1.58. The molecule has 1 amide bonds. The lowest BCUT2D eigenvalue weighted by Gasteiger charge is -2.14. The Hall–Kier alpha value is -0.970. The lowest BCUT2D eigenvalue weighted by molar-refractivity contribution is -0.144. The predicted octanol–water partition coefficient (Wildman–Crippen LogP) is 0.973. The number of hydrogen-bond donors (Lipinski definition) is 1. The fourth-order valence-corrected chi connectivity index (χ4v) is 1.88. The van der Waals surface area contributed by atoms with Crippen LogP contribution in [0.4, 0.5) is 0 Å². The Morgan fingerprint density at radius 1 is 1.60 bits per heavy atom. The molecule has 1 N–H and O–H groups in total. The van der Waals surface area contributed by atoms with Gasteiger partial charge in [-0.1, -0.05) is 6.08 Å². The second-order valence-electron chi connectivity index (χ2n) is 2.93. The highest BCUT2D eigenvalue weighted by Crippen LogP contribution is 2.06. The van der Waals surface area contributed by atoms with Crippen molar-refractivity contribution in [3.63, 3.8) is 0 Å². The molecule has 0 bridgehead atoms. The highest BCUT2D eigenvalue weighted by atomic mass is 32.2. The number of hydrogen-bond acceptors (Lipinski definition) is 4. The van der Waals surface area contributed by atoms with Gasteiger partial charge in [-0.15, -0.1) is 6.58 Å². The van der Waals surface area contributed by atoms with E-state index in [9.17, 15) is 9.59 Å². The summed E-state index contributed by atoms with van der Waals surface area (Å²) in [6.07, 6.45) is 2.71. The first-order valence-corrected chi connectivity index (χ1v) is 5.80. The average molecular weight is 231 g/mol. The van der Waals surface area contributed by atoms with Crippen LogP contribution >= 0.6 is 11.8 Å². The van der Waals surface area contributed by atoms with Crippen LogP contribution in [0.2, 0.25) is 0 Å². The van der Waals surface area contributed by atoms with Crippen molar-refractivity contribution in [2.75, 3.05) is 18.6 Å². The van der Waals surface area contributed by atoms with E-state index in [-0.39, 0.29) is 5.91 Å². The monoisotopic (exact) mass is 231 g/mol. The van der Waals surface area contributed by atoms with Crippen molar-refractivity contribution in [2.45, 2.75) is 19.4 Å². The molecule has 0 heterocycles. The van der Waals surface area contributed by atoms with Gasteiger partial charge in [0.15, 0.2) is 0 Å². The third kappa shape index (κ3) is 7.02.